The number of halogens is 9. The van der Waals surface area contributed by atoms with E-state index in [2.05, 4.69) is 11.6 Å². The van der Waals surface area contributed by atoms with Crippen LogP contribution in [0.25, 0.3) is 11.1 Å². The summed E-state index contributed by atoms with van der Waals surface area (Å²) in [4.78, 5) is -2.49. The highest BCUT2D eigenvalue weighted by molar-refractivity contribution is 8.50. The Balaban J connectivity index is 2.61. The zero-order valence-corrected chi connectivity index (χ0v) is 13.1. The molecule has 0 bridgehead atoms. The van der Waals surface area contributed by atoms with E-state index in [-0.39, 0.29) is 17.7 Å². The third-order valence-electron chi connectivity index (χ3n) is 3.28. The maximum Gasteiger partial charge on any atom is 0.434 e. The second-order valence-corrected chi connectivity index (χ2v) is 8.57. The molecule has 0 nitrogen and oxygen atoms in total. The molecule has 134 valence electrons. The molecule has 0 saturated carbocycles. The van der Waals surface area contributed by atoms with Gasteiger partial charge in [0.1, 0.15) is 0 Å². The smallest absolute Gasteiger partial charge is 0.180 e. The first-order chi connectivity index (χ1) is 10.6. The van der Waals surface area contributed by atoms with Crippen molar-refractivity contribution in [3.63, 3.8) is 0 Å². The monoisotopic (exact) mass is 396 g/mol. The van der Waals surface area contributed by atoms with Crippen LogP contribution in [0, 0.1) is 0 Å². The fourth-order valence-electron chi connectivity index (χ4n) is 1.93. The van der Waals surface area contributed by atoms with E-state index < -0.39 is 25.4 Å². The van der Waals surface area contributed by atoms with E-state index in [0.29, 0.717) is 17.7 Å². The van der Waals surface area contributed by atoms with E-state index in [1.807, 2.05) is 0 Å². The van der Waals surface area contributed by atoms with Crippen LogP contribution in [0.4, 0.5) is 33.1 Å². The molecule has 0 radical (unpaired) electrons. The van der Waals surface area contributed by atoms with Gasteiger partial charge in [0, 0.05) is 0 Å². The van der Waals surface area contributed by atoms with Crippen LogP contribution in [0.2, 0.25) is 0 Å². The predicted molar refractivity (Wildman–Crippen MR) is 77.9 cm³/mol. The highest BCUT2D eigenvalue weighted by atomic mass is 35.5. The Morgan fingerprint density at radius 1 is 0.667 bits per heavy atom. The van der Waals surface area contributed by atoms with Crippen molar-refractivity contribution in [2.45, 2.75) is 15.5 Å². The molecular weight excluding hydrogens is 388 g/mol. The van der Waals surface area contributed by atoms with Crippen LogP contribution in [0.3, 0.4) is 0 Å². The van der Waals surface area contributed by atoms with Gasteiger partial charge >= 0.3 is 10.6 Å². The van der Waals surface area contributed by atoms with Crippen molar-refractivity contribution in [1.82, 2.24) is 0 Å². The molecule has 0 amide bonds. The number of alkyl halides is 5. The molecular formula is C14H9ClF8S. The van der Waals surface area contributed by atoms with Crippen LogP contribution < -0.4 is 0 Å². The minimum Gasteiger partial charge on any atom is -0.180 e. The second-order valence-electron chi connectivity index (χ2n) is 4.97. The number of hydrogen-bond acceptors (Lipinski definition) is 0. The fourth-order valence-corrected chi connectivity index (χ4v) is 3.84. The molecule has 0 aliphatic heterocycles. The van der Waals surface area contributed by atoms with Crippen LogP contribution in [0.5, 0.6) is 0 Å². The van der Waals surface area contributed by atoms with E-state index in [9.17, 15) is 33.1 Å². The summed E-state index contributed by atoms with van der Waals surface area (Å²) in [5.41, 5.74) is 0.593. The van der Waals surface area contributed by atoms with Crippen LogP contribution in [0.15, 0.2) is 59.5 Å². The van der Waals surface area contributed by atoms with Crippen LogP contribution in [-0.2, 0) is 0 Å². The summed E-state index contributed by atoms with van der Waals surface area (Å²) in [6, 6.07) is 9.23. The molecule has 0 aliphatic carbocycles. The molecule has 0 N–H and O–H groups in total. The third kappa shape index (κ3) is 2.63. The Morgan fingerprint density at radius 2 is 1.08 bits per heavy atom. The average Bonchev–Trinajstić information content (AvgIpc) is 2.46. The van der Waals surface area contributed by atoms with Gasteiger partial charge in [-0.15, -0.1) is 15.5 Å². The minimum atomic E-state index is -10.7. The van der Waals surface area contributed by atoms with Crippen molar-refractivity contribution in [2.75, 3.05) is 0 Å². The van der Waals surface area contributed by atoms with E-state index >= 15 is 0 Å². The zero-order chi connectivity index (χ0) is 18.5. The molecule has 2 aromatic rings. The summed E-state index contributed by atoms with van der Waals surface area (Å²) in [6.45, 7) is 0. The topological polar surface area (TPSA) is 0 Å². The highest BCUT2D eigenvalue weighted by Gasteiger charge is 2.90. The Labute approximate surface area is 136 Å². The summed E-state index contributed by atoms with van der Waals surface area (Å²) >= 11 is 3.85. The second kappa shape index (κ2) is 4.78. The third-order valence-corrected chi connectivity index (χ3v) is 6.14. The van der Waals surface area contributed by atoms with Gasteiger partial charge < -0.3 is 0 Å². The van der Waals surface area contributed by atoms with Crippen LogP contribution in [-0.4, -0.2) is 10.6 Å². The normalized spacial score (nSPS) is 16.4. The van der Waals surface area contributed by atoms with Crippen molar-refractivity contribution in [1.29, 1.82) is 0 Å². The van der Waals surface area contributed by atoms with E-state index in [0.717, 1.165) is 0 Å². The van der Waals surface area contributed by atoms with E-state index in [1.54, 1.807) is 18.2 Å². The molecule has 2 aromatic carbocycles. The van der Waals surface area contributed by atoms with Crippen molar-refractivity contribution in [3.8, 4) is 11.1 Å². The summed E-state index contributed by atoms with van der Waals surface area (Å²) in [6.07, 6.45) is 0. The Bertz CT molecular complexity index is 746. The average molecular weight is 397 g/mol. The molecule has 0 unspecified atom stereocenters. The molecule has 0 fully saturated rings. The van der Waals surface area contributed by atoms with Crippen molar-refractivity contribution >= 4 is 21.4 Å². The lowest BCUT2D eigenvalue weighted by molar-refractivity contribution is -0.113. The molecule has 0 atom stereocenters. The molecule has 0 saturated heterocycles. The fraction of sp³-hybridized carbons (Fsp3) is 0.143. The summed E-state index contributed by atoms with van der Waals surface area (Å²) in [7, 11) is -10.7. The molecule has 0 aromatic heterocycles. The quantitative estimate of drug-likeness (QED) is 0.369. The first-order valence-electron chi connectivity index (χ1n) is 6.20. The molecule has 10 heteroatoms. The first kappa shape index (κ1) is 18.9. The van der Waals surface area contributed by atoms with Crippen LogP contribution in [0.1, 0.15) is 0 Å². The standard InChI is InChI=1S/C14H9ClF8S/c15-13(16,17)14(18,19)24(20,21,22,23)12-8-6-11(7-9-12)10-4-2-1-3-5-10/h1-9H. The van der Waals surface area contributed by atoms with Gasteiger partial charge in [-0.3, -0.25) is 0 Å². The maximum absolute atomic E-state index is 13.8. The molecule has 0 aliphatic rings. The van der Waals surface area contributed by atoms with Crippen molar-refractivity contribution < 1.29 is 33.1 Å². The Morgan fingerprint density at radius 3 is 1.50 bits per heavy atom. The number of rotatable bonds is 4. The summed E-state index contributed by atoms with van der Waals surface area (Å²) in [5.74, 6) is 0. The lowest BCUT2D eigenvalue weighted by Gasteiger charge is -2.54. The molecule has 0 spiro atoms. The molecule has 2 rings (SSSR count). The Hall–Kier alpha value is -1.48. The molecule has 24 heavy (non-hydrogen) atoms. The lowest BCUT2D eigenvalue weighted by atomic mass is 10.1. The highest BCUT2D eigenvalue weighted by Crippen LogP contribution is 3.08. The van der Waals surface area contributed by atoms with Gasteiger partial charge in [-0.2, -0.15) is 17.6 Å². The Kier molecular flexibility index (Phi) is 3.76. The van der Waals surface area contributed by atoms with Gasteiger partial charge in [0.15, 0.2) is 0 Å². The molecule has 0 heterocycles. The zero-order valence-electron chi connectivity index (χ0n) is 11.5. The largest absolute Gasteiger partial charge is 0.434 e. The lowest BCUT2D eigenvalue weighted by Crippen LogP contribution is -2.47. The van der Waals surface area contributed by atoms with Gasteiger partial charge in [0.05, 0.1) is 4.90 Å². The summed E-state index contributed by atoms with van der Waals surface area (Å²) in [5, 5.41) is -13.2. The number of benzene rings is 2. The van der Waals surface area contributed by atoms with Gasteiger partial charge in [0.2, 0.25) is 9.84 Å². The SMILES string of the molecule is FC(F)(Cl)C(F)(F)S(F)(F)(F)(F)c1ccc(-c2ccccc2)cc1. The van der Waals surface area contributed by atoms with Gasteiger partial charge in [0.25, 0.3) is 0 Å². The van der Waals surface area contributed by atoms with Crippen molar-refractivity contribution in [2.24, 2.45) is 0 Å². The van der Waals surface area contributed by atoms with E-state index in [1.165, 1.54) is 12.1 Å². The summed E-state index contributed by atoms with van der Waals surface area (Å²) < 4.78 is 107. The van der Waals surface area contributed by atoms with Gasteiger partial charge in [-0.05, 0) is 34.9 Å². The predicted octanol–water partition coefficient (Wildman–Crippen LogP) is 7.55. The first-order valence-corrected chi connectivity index (χ1v) is 8.63. The number of hydrogen-bond donors (Lipinski definition) is 0. The minimum absolute atomic E-state index is 0.000424. The van der Waals surface area contributed by atoms with E-state index in [4.69, 9.17) is 0 Å². The van der Waals surface area contributed by atoms with Gasteiger partial charge in [-0.25, -0.2) is 0 Å². The maximum atomic E-state index is 13.8. The van der Waals surface area contributed by atoms with Gasteiger partial charge in [-0.1, -0.05) is 42.5 Å². The van der Waals surface area contributed by atoms with Crippen molar-refractivity contribution in [3.05, 3.63) is 54.6 Å². The van der Waals surface area contributed by atoms with Crippen LogP contribution >= 0.6 is 21.4 Å².